The number of anilines is 3. The fourth-order valence-electron chi connectivity index (χ4n) is 8.24. The second-order valence-electron chi connectivity index (χ2n) is 15.9. The van der Waals surface area contributed by atoms with Crippen LogP contribution in [0.5, 0.6) is 5.75 Å². The Hall–Kier alpha value is -5.86. The van der Waals surface area contributed by atoms with Crippen LogP contribution in [-0.2, 0) is 36.8 Å². The normalized spacial score (nSPS) is 19.7. The van der Waals surface area contributed by atoms with Crippen molar-refractivity contribution in [2.75, 3.05) is 56.7 Å². The number of fused-ring (bicyclic) bond motifs is 1. The monoisotopic (exact) mass is 930 g/mol. The molecule has 2 aromatic carbocycles. The quantitative estimate of drug-likeness (QED) is 0.0267. The number of nitrogens with one attached hydrogen (secondary N) is 6. The third kappa shape index (κ3) is 12.5. The van der Waals surface area contributed by atoms with Gasteiger partial charge in [-0.2, -0.15) is 5.11 Å². The van der Waals surface area contributed by atoms with Crippen molar-refractivity contribution in [2.24, 2.45) is 10.5 Å². The molecule has 2 aliphatic heterocycles. The van der Waals surface area contributed by atoms with E-state index in [1.54, 1.807) is 42.7 Å². The van der Waals surface area contributed by atoms with Crippen molar-refractivity contribution in [3.63, 3.8) is 0 Å². The summed E-state index contributed by atoms with van der Waals surface area (Å²) in [5.74, 6) is -1.14. The molecule has 17 nitrogen and oxygen atoms in total. The SMILES string of the molecule is N=N/C(=C\NCCOCCOCCNCCC(=O)Nc1cccc2c1CN(C1CCC(=O)NC1=O)C2=O)[C@]1(Cc2cccc(Nc3nccs3)n2)CC[C@@H](Oc2cccc(Cl)c2F)CC1. The first-order chi connectivity index (χ1) is 31.6. The lowest BCUT2D eigenvalue weighted by Gasteiger charge is -2.40. The number of pyridine rings is 1. The van der Waals surface area contributed by atoms with E-state index in [2.05, 4.69) is 36.7 Å². The van der Waals surface area contributed by atoms with Gasteiger partial charge in [-0.05, 0) is 68.5 Å². The maximum absolute atomic E-state index is 14.7. The van der Waals surface area contributed by atoms with Gasteiger partial charge in [0.1, 0.15) is 11.9 Å². The smallest absolute Gasteiger partial charge is 0.255 e. The number of carbonyl (C=O) groups excluding carboxylic acids is 4. The Kier molecular flexibility index (Phi) is 16.6. The summed E-state index contributed by atoms with van der Waals surface area (Å²) < 4.78 is 32.2. The summed E-state index contributed by atoms with van der Waals surface area (Å²) in [4.78, 5) is 60.5. The molecule has 0 radical (unpaired) electrons. The number of ether oxygens (including phenoxy) is 3. The standard InChI is InChI=1S/C45H52ClFN10O7S/c46-33-6-3-8-36(41(33)47)64-30-12-15-45(16-13-30,26-29-4-1-9-38(52-29)54-44-51-20-25-65-44)37(56-48)27-50-19-22-63-24-23-62-21-18-49-17-14-40(59)53-34-7-2-5-31-32(34)28-57(43(31)61)35-10-11-39(58)55-42(35)60/h1-9,20,25,27,30,35,48-50H,10-19,21-24,26,28H2,(H,53,59)(H,51,52,54)(H,55,58,60)/b37-27-,56-48?/t30-,35?,45-. The van der Waals surface area contributed by atoms with Crippen LogP contribution in [0, 0.1) is 16.8 Å². The molecule has 0 spiro atoms. The summed E-state index contributed by atoms with van der Waals surface area (Å²) in [6, 6.07) is 14.9. The van der Waals surface area contributed by atoms with E-state index in [-0.39, 0.29) is 60.4 Å². The number of halogens is 2. The molecule has 20 heteroatoms. The largest absolute Gasteiger partial charge is 0.487 e. The average molecular weight is 931 g/mol. The molecule has 1 aliphatic carbocycles. The number of carbonyl (C=O) groups is 4. The highest BCUT2D eigenvalue weighted by molar-refractivity contribution is 7.13. The van der Waals surface area contributed by atoms with Gasteiger partial charge in [-0.1, -0.05) is 29.8 Å². The van der Waals surface area contributed by atoms with Crippen LogP contribution in [0.3, 0.4) is 0 Å². The number of allylic oxidation sites excluding steroid dienone is 1. The molecule has 4 heterocycles. The number of nitrogens with zero attached hydrogens (tertiary/aromatic N) is 4. The predicted octanol–water partition coefficient (Wildman–Crippen LogP) is 6.50. The van der Waals surface area contributed by atoms with Gasteiger partial charge in [0.2, 0.25) is 17.7 Å². The molecule has 4 amide bonds. The van der Waals surface area contributed by atoms with Crippen LogP contribution in [-0.4, -0.2) is 96.7 Å². The van der Waals surface area contributed by atoms with Crippen LogP contribution in [0.1, 0.15) is 66.6 Å². The van der Waals surface area contributed by atoms with Crippen molar-refractivity contribution in [3.8, 4) is 5.75 Å². The van der Waals surface area contributed by atoms with E-state index in [4.69, 9.17) is 36.3 Å². The number of rotatable bonds is 23. The fraction of sp³-hybridized carbons (Fsp3) is 0.422. The summed E-state index contributed by atoms with van der Waals surface area (Å²) in [7, 11) is 0. The zero-order valence-corrected chi connectivity index (χ0v) is 37.3. The fourth-order valence-corrected chi connectivity index (χ4v) is 8.94. The van der Waals surface area contributed by atoms with E-state index in [1.807, 2.05) is 23.6 Å². The van der Waals surface area contributed by atoms with Crippen molar-refractivity contribution in [3.05, 3.63) is 106 Å². The number of imide groups is 1. The maximum Gasteiger partial charge on any atom is 0.255 e. The van der Waals surface area contributed by atoms with E-state index in [1.165, 1.54) is 22.3 Å². The lowest BCUT2D eigenvalue weighted by molar-refractivity contribution is -0.137. The minimum Gasteiger partial charge on any atom is -0.487 e. The molecule has 0 bridgehead atoms. The molecule has 65 heavy (non-hydrogen) atoms. The van der Waals surface area contributed by atoms with Crippen molar-refractivity contribution >= 4 is 63.2 Å². The molecular weight excluding hydrogens is 879 g/mol. The molecule has 2 fully saturated rings. The summed E-state index contributed by atoms with van der Waals surface area (Å²) in [5.41, 5.74) is 10.7. The second kappa shape index (κ2) is 22.9. The van der Waals surface area contributed by atoms with Crippen LogP contribution in [0.15, 0.2) is 83.2 Å². The van der Waals surface area contributed by atoms with Crippen LogP contribution in [0.2, 0.25) is 5.02 Å². The average Bonchev–Trinajstić information content (AvgIpc) is 3.94. The lowest BCUT2D eigenvalue weighted by Crippen LogP contribution is -2.52. The summed E-state index contributed by atoms with van der Waals surface area (Å²) in [5, 5.41) is 21.5. The molecule has 4 aromatic rings. The van der Waals surface area contributed by atoms with E-state index >= 15 is 0 Å². The number of hydrogen-bond donors (Lipinski definition) is 6. The Labute approximate surface area is 384 Å². The second-order valence-corrected chi connectivity index (χ2v) is 17.2. The van der Waals surface area contributed by atoms with Crippen LogP contribution in [0.25, 0.3) is 0 Å². The number of hydrogen-bond acceptors (Lipinski definition) is 15. The van der Waals surface area contributed by atoms with E-state index in [9.17, 15) is 23.6 Å². The van der Waals surface area contributed by atoms with Crippen molar-refractivity contribution in [2.45, 2.75) is 70.1 Å². The topological polar surface area (TPSA) is 221 Å². The van der Waals surface area contributed by atoms with Gasteiger partial charge in [0.25, 0.3) is 5.91 Å². The number of benzene rings is 2. The molecule has 2 aromatic heterocycles. The van der Waals surface area contributed by atoms with Crippen molar-refractivity contribution in [1.29, 1.82) is 5.53 Å². The number of piperidine rings is 1. The number of thiazole rings is 1. The van der Waals surface area contributed by atoms with E-state index < -0.39 is 23.2 Å². The minimum absolute atomic E-state index is 0.00894. The van der Waals surface area contributed by atoms with E-state index in [0.717, 1.165) is 10.8 Å². The third-order valence-corrected chi connectivity index (χ3v) is 12.5. The molecule has 1 saturated carbocycles. The molecule has 6 N–H and O–H groups in total. The molecular formula is C45H52ClFN10O7S. The highest BCUT2D eigenvalue weighted by Gasteiger charge is 2.42. The Morgan fingerprint density at radius 3 is 2.57 bits per heavy atom. The molecule has 1 atom stereocenters. The van der Waals surface area contributed by atoms with Crippen molar-refractivity contribution < 1.29 is 37.8 Å². The minimum atomic E-state index is -0.731. The van der Waals surface area contributed by atoms with Gasteiger partial charge in [-0.3, -0.25) is 24.5 Å². The zero-order chi connectivity index (χ0) is 45.6. The van der Waals surface area contributed by atoms with Gasteiger partial charge in [-0.25, -0.2) is 19.9 Å². The number of aromatic nitrogens is 2. The molecule has 7 rings (SSSR count). The van der Waals surface area contributed by atoms with Crippen LogP contribution in [0.4, 0.5) is 21.0 Å². The molecule has 3 aliphatic rings. The Morgan fingerprint density at radius 1 is 1.02 bits per heavy atom. The first kappa shape index (κ1) is 47.1. The van der Waals surface area contributed by atoms with E-state index in [0.29, 0.717) is 106 Å². The Bertz CT molecular complexity index is 2350. The summed E-state index contributed by atoms with van der Waals surface area (Å²) in [6.07, 6.45) is 6.90. The highest BCUT2D eigenvalue weighted by Crippen LogP contribution is 2.46. The molecule has 344 valence electrons. The first-order valence-electron chi connectivity index (χ1n) is 21.6. The summed E-state index contributed by atoms with van der Waals surface area (Å²) >= 11 is 7.48. The van der Waals surface area contributed by atoms with Gasteiger partial charge in [0, 0.05) is 91.1 Å². The zero-order valence-electron chi connectivity index (χ0n) is 35.7. The van der Waals surface area contributed by atoms with Gasteiger partial charge in [-0.15, -0.1) is 11.3 Å². The maximum atomic E-state index is 14.7. The van der Waals surface area contributed by atoms with Crippen LogP contribution >= 0.6 is 22.9 Å². The number of amides is 4. The first-order valence-corrected chi connectivity index (χ1v) is 22.9. The van der Waals surface area contributed by atoms with Gasteiger partial charge < -0.3 is 40.4 Å². The Morgan fingerprint density at radius 2 is 1.80 bits per heavy atom. The van der Waals surface area contributed by atoms with Gasteiger partial charge in [0.15, 0.2) is 16.7 Å². The predicted molar refractivity (Wildman–Crippen MR) is 242 cm³/mol. The Balaban J connectivity index is 0.803. The van der Waals surface area contributed by atoms with Crippen molar-refractivity contribution in [1.82, 2.24) is 30.8 Å². The lowest BCUT2D eigenvalue weighted by atomic mass is 9.68. The van der Waals surface area contributed by atoms with Gasteiger partial charge >= 0.3 is 0 Å². The summed E-state index contributed by atoms with van der Waals surface area (Å²) in [6.45, 7) is 3.18. The molecule has 1 unspecified atom stereocenters. The van der Waals surface area contributed by atoms with Gasteiger partial charge in [0.05, 0.1) is 43.3 Å². The third-order valence-electron chi connectivity index (χ3n) is 11.6. The molecule has 1 saturated heterocycles. The van der Waals surface area contributed by atoms with Crippen LogP contribution < -0.4 is 31.3 Å². The highest BCUT2D eigenvalue weighted by atomic mass is 35.5.